The summed E-state index contributed by atoms with van der Waals surface area (Å²) >= 11 is 0. The summed E-state index contributed by atoms with van der Waals surface area (Å²) in [7, 11) is 3.74. The van der Waals surface area contributed by atoms with E-state index in [4.69, 9.17) is 9.47 Å². The van der Waals surface area contributed by atoms with Crippen LogP contribution in [0.5, 0.6) is 0 Å². The molecule has 2 fully saturated rings. The number of likely N-dealkylation sites (N-methyl/N-ethyl adjacent to an activating group) is 1. The molecule has 1 aliphatic carbocycles. The van der Waals surface area contributed by atoms with Gasteiger partial charge in [-0.1, -0.05) is 6.07 Å². The Bertz CT molecular complexity index is 630. The zero-order valence-electron chi connectivity index (χ0n) is 16.4. The molecule has 1 N–H and O–H groups in total. The SMILES string of the molecule is CN=C(NCc1ccc(N2CCOCC2)c(F)c1)N(C)CCOCC1CC1. The van der Waals surface area contributed by atoms with Crippen LogP contribution in [0.4, 0.5) is 10.1 Å². The molecule has 0 aromatic heterocycles. The average molecular weight is 378 g/mol. The van der Waals surface area contributed by atoms with Crippen molar-refractivity contribution in [2.45, 2.75) is 19.4 Å². The molecule has 0 radical (unpaired) electrons. The van der Waals surface area contributed by atoms with Gasteiger partial charge in [0.25, 0.3) is 0 Å². The van der Waals surface area contributed by atoms with Crippen LogP contribution in [0.2, 0.25) is 0 Å². The molecule has 1 aromatic carbocycles. The number of nitrogens with zero attached hydrogens (tertiary/aromatic N) is 3. The second kappa shape index (κ2) is 9.90. The van der Waals surface area contributed by atoms with Gasteiger partial charge in [-0.3, -0.25) is 4.99 Å². The van der Waals surface area contributed by atoms with E-state index in [1.165, 1.54) is 12.8 Å². The lowest BCUT2D eigenvalue weighted by Crippen LogP contribution is -2.40. The average Bonchev–Trinajstić information content (AvgIpc) is 3.51. The molecule has 1 heterocycles. The molecule has 3 rings (SSSR count). The van der Waals surface area contributed by atoms with Gasteiger partial charge in [-0.05, 0) is 36.5 Å². The summed E-state index contributed by atoms with van der Waals surface area (Å²) in [6, 6.07) is 5.42. The van der Waals surface area contributed by atoms with Crippen molar-refractivity contribution in [3.8, 4) is 0 Å². The molecule has 1 saturated heterocycles. The maximum Gasteiger partial charge on any atom is 0.193 e. The molecule has 1 aromatic rings. The summed E-state index contributed by atoms with van der Waals surface area (Å²) in [5.74, 6) is 1.37. The van der Waals surface area contributed by atoms with Crippen molar-refractivity contribution >= 4 is 11.6 Å². The molecule has 0 bridgehead atoms. The molecule has 1 aliphatic heterocycles. The first-order valence-electron chi connectivity index (χ1n) is 9.78. The molecule has 27 heavy (non-hydrogen) atoms. The minimum Gasteiger partial charge on any atom is -0.379 e. The molecule has 150 valence electrons. The topological polar surface area (TPSA) is 49.3 Å². The molecular weight excluding hydrogens is 347 g/mol. The van der Waals surface area contributed by atoms with Crippen LogP contribution in [-0.4, -0.2) is 71.0 Å². The van der Waals surface area contributed by atoms with Gasteiger partial charge < -0.3 is 24.6 Å². The van der Waals surface area contributed by atoms with Crippen molar-refractivity contribution in [3.63, 3.8) is 0 Å². The smallest absolute Gasteiger partial charge is 0.193 e. The minimum atomic E-state index is -0.187. The van der Waals surface area contributed by atoms with Crippen molar-refractivity contribution in [3.05, 3.63) is 29.6 Å². The van der Waals surface area contributed by atoms with Crippen LogP contribution >= 0.6 is 0 Å². The highest BCUT2D eigenvalue weighted by atomic mass is 19.1. The summed E-state index contributed by atoms with van der Waals surface area (Å²) in [5.41, 5.74) is 1.54. The number of nitrogens with one attached hydrogen (secondary N) is 1. The molecule has 6 nitrogen and oxygen atoms in total. The molecule has 0 unspecified atom stereocenters. The first kappa shape index (κ1) is 19.9. The Labute approximate surface area is 161 Å². The summed E-state index contributed by atoms with van der Waals surface area (Å²) in [4.78, 5) is 8.37. The fraction of sp³-hybridized carbons (Fsp3) is 0.650. The summed E-state index contributed by atoms with van der Waals surface area (Å²) in [6.07, 6.45) is 2.61. The Kier molecular flexibility index (Phi) is 7.29. The summed E-state index contributed by atoms with van der Waals surface area (Å²) in [6.45, 7) is 5.62. The maximum absolute atomic E-state index is 14.5. The monoisotopic (exact) mass is 378 g/mol. The van der Waals surface area contributed by atoms with Gasteiger partial charge in [0.15, 0.2) is 5.96 Å². The van der Waals surface area contributed by atoms with Gasteiger partial charge in [0.1, 0.15) is 5.82 Å². The fourth-order valence-electron chi connectivity index (χ4n) is 3.13. The van der Waals surface area contributed by atoms with Gasteiger partial charge in [0.2, 0.25) is 0 Å². The number of rotatable bonds is 8. The van der Waals surface area contributed by atoms with Gasteiger partial charge >= 0.3 is 0 Å². The molecule has 7 heteroatoms. The van der Waals surface area contributed by atoms with E-state index in [0.717, 1.165) is 43.7 Å². The van der Waals surface area contributed by atoms with Gasteiger partial charge in [-0.2, -0.15) is 0 Å². The number of aliphatic imine (C=N–C) groups is 1. The molecule has 2 aliphatic rings. The lowest BCUT2D eigenvalue weighted by atomic mass is 10.1. The number of halogens is 1. The second-order valence-corrected chi connectivity index (χ2v) is 7.23. The number of hydrogen-bond acceptors (Lipinski definition) is 4. The number of hydrogen-bond donors (Lipinski definition) is 1. The predicted molar refractivity (Wildman–Crippen MR) is 106 cm³/mol. The van der Waals surface area contributed by atoms with Crippen molar-refractivity contribution in [1.29, 1.82) is 0 Å². The minimum absolute atomic E-state index is 0.187. The highest BCUT2D eigenvalue weighted by Gasteiger charge is 2.21. The Morgan fingerprint density at radius 3 is 2.81 bits per heavy atom. The molecule has 1 saturated carbocycles. The van der Waals surface area contributed by atoms with E-state index in [2.05, 4.69) is 10.3 Å². The van der Waals surface area contributed by atoms with Crippen LogP contribution in [0.3, 0.4) is 0 Å². The summed E-state index contributed by atoms with van der Waals surface area (Å²) in [5, 5.41) is 3.29. The number of morpholine rings is 1. The van der Waals surface area contributed by atoms with Crippen molar-refractivity contribution < 1.29 is 13.9 Å². The lowest BCUT2D eigenvalue weighted by molar-refractivity contribution is 0.115. The Balaban J connectivity index is 1.46. The van der Waals surface area contributed by atoms with Crippen LogP contribution in [0.25, 0.3) is 0 Å². The first-order valence-corrected chi connectivity index (χ1v) is 9.78. The quantitative estimate of drug-likeness (QED) is 0.427. The van der Waals surface area contributed by atoms with Crippen LogP contribution in [0.15, 0.2) is 23.2 Å². The van der Waals surface area contributed by atoms with Crippen molar-refractivity contribution in [2.75, 3.05) is 65.1 Å². The lowest BCUT2D eigenvalue weighted by Gasteiger charge is -2.29. The van der Waals surface area contributed by atoms with Gasteiger partial charge in [-0.15, -0.1) is 0 Å². The number of benzene rings is 1. The number of anilines is 1. The zero-order valence-corrected chi connectivity index (χ0v) is 16.4. The van der Waals surface area contributed by atoms with Crippen LogP contribution in [0, 0.1) is 11.7 Å². The van der Waals surface area contributed by atoms with E-state index in [0.29, 0.717) is 32.1 Å². The van der Waals surface area contributed by atoms with Crippen LogP contribution in [-0.2, 0) is 16.0 Å². The van der Waals surface area contributed by atoms with E-state index >= 15 is 0 Å². The molecular formula is C20H31FN4O2. The zero-order chi connectivity index (χ0) is 19.1. The highest BCUT2D eigenvalue weighted by molar-refractivity contribution is 5.79. The Hall–Kier alpha value is -1.86. The van der Waals surface area contributed by atoms with E-state index in [9.17, 15) is 4.39 Å². The van der Waals surface area contributed by atoms with Gasteiger partial charge in [-0.25, -0.2) is 4.39 Å². The largest absolute Gasteiger partial charge is 0.379 e. The third kappa shape index (κ3) is 6.07. The van der Waals surface area contributed by atoms with Crippen molar-refractivity contribution in [1.82, 2.24) is 10.2 Å². The fourth-order valence-corrected chi connectivity index (χ4v) is 3.13. The molecule has 0 spiro atoms. The summed E-state index contributed by atoms with van der Waals surface area (Å²) < 4.78 is 25.5. The van der Waals surface area contributed by atoms with Crippen LogP contribution in [0.1, 0.15) is 18.4 Å². The van der Waals surface area contributed by atoms with E-state index < -0.39 is 0 Å². The molecule has 0 amide bonds. The maximum atomic E-state index is 14.5. The second-order valence-electron chi connectivity index (χ2n) is 7.23. The molecule has 0 atom stereocenters. The van der Waals surface area contributed by atoms with E-state index in [1.807, 2.05) is 29.0 Å². The highest BCUT2D eigenvalue weighted by Crippen LogP contribution is 2.28. The third-order valence-electron chi connectivity index (χ3n) is 5.01. The predicted octanol–water partition coefficient (Wildman–Crippen LogP) is 2.10. The third-order valence-corrected chi connectivity index (χ3v) is 5.01. The number of ether oxygens (including phenoxy) is 2. The van der Waals surface area contributed by atoms with E-state index in [-0.39, 0.29) is 5.82 Å². The van der Waals surface area contributed by atoms with E-state index in [1.54, 1.807) is 13.1 Å². The van der Waals surface area contributed by atoms with Crippen molar-refractivity contribution in [2.24, 2.45) is 10.9 Å². The number of guanidine groups is 1. The Morgan fingerprint density at radius 2 is 2.15 bits per heavy atom. The van der Waals surface area contributed by atoms with Gasteiger partial charge in [0, 0.05) is 46.9 Å². The first-order chi connectivity index (χ1) is 13.2. The van der Waals surface area contributed by atoms with Gasteiger partial charge in [0.05, 0.1) is 25.5 Å². The normalized spacial score (nSPS) is 17.9. The van der Waals surface area contributed by atoms with Crippen LogP contribution < -0.4 is 10.2 Å². The standard InChI is InChI=1S/C20H31FN4O2/c1-22-20(24(2)7-10-27-15-16-3-4-16)23-14-17-5-6-19(18(21)13-17)25-8-11-26-12-9-25/h5-6,13,16H,3-4,7-12,14-15H2,1-2H3,(H,22,23). The Morgan fingerprint density at radius 1 is 1.37 bits per heavy atom.